The molecule has 1 rings (SSSR count). The number of benzene rings is 1. The van der Waals surface area contributed by atoms with Crippen molar-refractivity contribution >= 4 is 17.6 Å². The first-order valence-electron chi connectivity index (χ1n) is 6.95. The first-order valence-corrected chi connectivity index (χ1v) is 7.33. The maximum absolute atomic E-state index is 11.7. The average molecular weight is 299 g/mol. The number of esters is 1. The molecular formula is C16H23ClO3. The van der Waals surface area contributed by atoms with Crippen LogP contribution in [0.1, 0.15) is 47.0 Å². The fraction of sp³-hybridized carbons (Fsp3) is 0.562. The summed E-state index contributed by atoms with van der Waals surface area (Å²) < 4.78 is 11.1. The highest BCUT2D eigenvalue weighted by Crippen LogP contribution is 2.36. The molecule has 1 aromatic rings. The summed E-state index contributed by atoms with van der Waals surface area (Å²) in [6.45, 7) is 8.77. The summed E-state index contributed by atoms with van der Waals surface area (Å²) in [7, 11) is 0. The van der Waals surface area contributed by atoms with Gasteiger partial charge in [-0.15, -0.1) is 0 Å². The van der Waals surface area contributed by atoms with Gasteiger partial charge in [0.05, 0.1) is 11.6 Å². The molecule has 0 fully saturated rings. The molecule has 0 unspecified atom stereocenters. The number of halogens is 1. The van der Waals surface area contributed by atoms with Crippen molar-refractivity contribution in [2.24, 2.45) is 5.41 Å². The van der Waals surface area contributed by atoms with Gasteiger partial charge in [-0.3, -0.25) is 4.79 Å². The molecule has 0 bridgehead atoms. The quantitative estimate of drug-likeness (QED) is 0.556. The second kappa shape index (κ2) is 7.53. The van der Waals surface area contributed by atoms with E-state index in [4.69, 9.17) is 21.1 Å². The van der Waals surface area contributed by atoms with E-state index in [-0.39, 0.29) is 11.4 Å². The summed E-state index contributed by atoms with van der Waals surface area (Å²) >= 11 is 6.10. The molecule has 0 aliphatic heterocycles. The van der Waals surface area contributed by atoms with Gasteiger partial charge in [0, 0.05) is 6.42 Å². The van der Waals surface area contributed by atoms with E-state index in [9.17, 15) is 4.79 Å². The zero-order chi connectivity index (χ0) is 15.2. The van der Waals surface area contributed by atoms with Gasteiger partial charge >= 0.3 is 5.97 Å². The van der Waals surface area contributed by atoms with Gasteiger partial charge in [-0.1, -0.05) is 51.8 Å². The van der Waals surface area contributed by atoms with Crippen LogP contribution in [-0.4, -0.2) is 12.6 Å². The average Bonchev–Trinajstić information content (AvgIpc) is 2.36. The molecule has 20 heavy (non-hydrogen) atoms. The number of hydrogen-bond donors (Lipinski definition) is 0. The molecule has 0 radical (unpaired) electrons. The van der Waals surface area contributed by atoms with Crippen LogP contribution in [0.2, 0.25) is 5.02 Å². The zero-order valence-corrected chi connectivity index (χ0v) is 13.4. The fourth-order valence-corrected chi connectivity index (χ4v) is 1.69. The highest BCUT2D eigenvalue weighted by Gasteiger charge is 2.17. The molecule has 0 N–H and O–H groups in total. The summed E-state index contributed by atoms with van der Waals surface area (Å²) in [5, 5.41) is 0.390. The van der Waals surface area contributed by atoms with E-state index < -0.39 is 0 Å². The van der Waals surface area contributed by atoms with Crippen LogP contribution in [0.3, 0.4) is 0 Å². The van der Waals surface area contributed by atoms with Crippen molar-refractivity contribution in [3.63, 3.8) is 0 Å². The molecule has 0 saturated heterocycles. The summed E-state index contributed by atoms with van der Waals surface area (Å²) in [4.78, 5) is 11.7. The van der Waals surface area contributed by atoms with Gasteiger partial charge < -0.3 is 9.47 Å². The predicted molar refractivity (Wildman–Crippen MR) is 81.6 cm³/mol. The second-order valence-corrected chi connectivity index (χ2v) is 6.40. The predicted octanol–water partition coefficient (Wildman–Crippen LogP) is 4.86. The van der Waals surface area contributed by atoms with E-state index in [1.54, 1.807) is 18.2 Å². The van der Waals surface area contributed by atoms with Gasteiger partial charge in [0.25, 0.3) is 0 Å². The maximum Gasteiger partial charge on any atom is 0.311 e. The van der Waals surface area contributed by atoms with Gasteiger partial charge in [-0.05, 0) is 24.0 Å². The Kier molecular flexibility index (Phi) is 6.34. The molecule has 0 atom stereocenters. The largest absolute Gasteiger partial charge is 0.489 e. The maximum atomic E-state index is 11.7. The van der Waals surface area contributed by atoms with E-state index in [2.05, 4.69) is 20.8 Å². The van der Waals surface area contributed by atoms with Crippen molar-refractivity contribution in [1.29, 1.82) is 0 Å². The minimum Gasteiger partial charge on any atom is -0.489 e. The third kappa shape index (κ3) is 5.83. The van der Waals surface area contributed by atoms with Crippen molar-refractivity contribution in [2.45, 2.75) is 47.0 Å². The molecule has 0 amide bonds. The summed E-state index contributed by atoms with van der Waals surface area (Å²) in [5.74, 6) is 0.553. The second-order valence-electron chi connectivity index (χ2n) is 5.99. The molecule has 0 heterocycles. The van der Waals surface area contributed by atoms with Crippen LogP contribution in [-0.2, 0) is 4.79 Å². The molecule has 112 valence electrons. The Labute approximate surface area is 126 Å². The number of hydrogen-bond acceptors (Lipinski definition) is 3. The Bertz CT molecular complexity index is 450. The van der Waals surface area contributed by atoms with Crippen molar-refractivity contribution < 1.29 is 14.3 Å². The van der Waals surface area contributed by atoms with Gasteiger partial charge in [-0.2, -0.15) is 0 Å². The van der Waals surface area contributed by atoms with E-state index in [1.807, 2.05) is 6.92 Å². The lowest BCUT2D eigenvalue weighted by Gasteiger charge is -2.20. The molecule has 0 spiro atoms. The van der Waals surface area contributed by atoms with Crippen LogP contribution in [0, 0.1) is 5.41 Å². The number of carbonyl (C=O) groups is 1. The van der Waals surface area contributed by atoms with Crippen molar-refractivity contribution in [2.75, 3.05) is 6.61 Å². The molecule has 0 aliphatic carbocycles. The lowest BCUT2D eigenvalue weighted by Crippen LogP contribution is -2.17. The number of unbranched alkanes of at least 4 members (excludes halogenated alkanes) is 1. The SMILES string of the molecule is CCCCC(=O)Oc1c(Cl)cccc1OCC(C)(C)C. The van der Waals surface area contributed by atoms with Crippen LogP contribution in [0.5, 0.6) is 11.5 Å². The first-order chi connectivity index (χ1) is 9.33. The summed E-state index contributed by atoms with van der Waals surface area (Å²) in [6.07, 6.45) is 2.15. The zero-order valence-electron chi connectivity index (χ0n) is 12.7. The van der Waals surface area contributed by atoms with Crippen molar-refractivity contribution in [3.8, 4) is 11.5 Å². The van der Waals surface area contributed by atoms with Crippen LogP contribution in [0.4, 0.5) is 0 Å². The molecule has 0 aromatic heterocycles. The van der Waals surface area contributed by atoms with Gasteiger partial charge in [0.2, 0.25) is 0 Å². The highest BCUT2D eigenvalue weighted by molar-refractivity contribution is 6.32. The Morgan fingerprint density at radius 1 is 1.30 bits per heavy atom. The summed E-state index contributed by atoms with van der Waals surface area (Å²) in [5.41, 5.74) is 0.0196. The number of ether oxygens (including phenoxy) is 2. The number of rotatable bonds is 6. The Morgan fingerprint density at radius 3 is 2.60 bits per heavy atom. The Balaban J connectivity index is 2.80. The standard InChI is InChI=1S/C16H23ClO3/c1-5-6-10-14(18)20-15-12(17)8-7-9-13(15)19-11-16(2,3)4/h7-9H,5-6,10-11H2,1-4H3. The van der Waals surface area contributed by atoms with Crippen LogP contribution < -0.4 is 9.47 Å². The monoisotopic (exact) mass is 298 g/mol. The third-order valence-electron chi connectivity index (χ3n) is 2.54. The normalized spacial score (nSPS) is 11.2. The lowest BCUT2D eigenvalue weighted by atomic mass is 9.99. The van der Waals surface area contributed by atoms with Gasteiger partial charge in [-0.25, -0.2) is 0 Å². The van der Waals surface area contributed by atoms with E-state index in [0.29, 0.717) is 29.5 Å². The Hall–Kier alpha value is -1.22. The van der Waals surface area contributed by atoms with E-state index in [1.165, 1.54) is 0 Å². The van der Waals surface area contributed by atoms with Gasteiger partial charge in [0.1, 0.15) is 0 Å². The van der Waals surface area contributed by atoms with Gasteiger partial charge in [0.15, 0.2) is 11.5 Å². The lowest BCUT2D eigenvalue weighted by molar-refractivity contribution is -0.134. The number of carbonyl (C=O) groups excluding carboxylic acids is 1. The first kappa shape index (κ1) is 16.8. The molecule has 4 heteroatoms. The van der Waals surface area contributed by atoms with Crippen molar-refractivity contribution in [3.05, 3.63) is 23.2 Å². The van der Waals surface area contributed by atoms with E-state index >= 15 is 0 Å². The van der Waals surface area contributed by atoms with E-state index in [0.717, 1.165) is 12.8 Å². The molecule has 1 aromatic carbocycles. The smallest absolute Gasteiger partial charge is 0.311 e. The fourth-order valence-electron chi connectivity index (χ4n) is 1.48. The molecule has 0 aliphatic rings. The van der Waals surface area contributed by atoms with Crippen LogP contribution in [0.25, 0.3) is 0 Å². The Morgan fingerprint density at radius 2 is 2.00 bits per heavy atom. The topological polar surface area (TPSA) is 35.5 Å². The van der Waals surface area contributed by atoms with Crippen molar-refractivity contribution in [1.82, 2.24) is 0 Å². The van der Waals surface area contributed by atoms with Crippen LogP contribution >= 0.6 is 11.6 Å². The highest BCUT2D eigenvalue weighted by atomic mass is 35.5. The number of para-hydroxylation sites is 1. The summed E-state index contributed by atoms with van der Waals surface area (Å²) in [6, 6.07) is 5.23. The molecular weight excluding hydrogens is 276 g/mol. The minimum absolute atomic E-state index is 0.0196. The molecule has 0 saturated carbocycles. The van der Waals surface area contributed by atoms with Crippen LogP contribution in [0.15, 0.2) is 18.2 Å². The minimum atomic E-state index is -0.277. The third-order valence-corrected chi connectivity index (χ3v) is 2.84. The molecule has 3 nitrogen and oxygen atoms in total.